The van der Waals surface area contributed by atoms with Crippen molar-refractivity contribution in [2.75, 3.05) is 32.4 Å². The number of benzene rings is 1. The number of nitrogens with two attached hydrogens (primary N) is 1. The van der Waals surface area contributed by atoms with E-state index in [0.717, 1.165) is 29.9 Å². The Morgan fingerprint density at radius 3 is 2.59 bits per heavy atom. The van der Waals surface area contributed by atoms with Crippen molar-refractivity contribution >= 4 is 11.7 Å². The van der Waals surface area contributed by atoms with E-state index < -0.39 is 5.82 Å². The quantitative estimate of drug-likeness (QED) is 0.678. The minimum Gasteiger partial charge on any atom is -0.384 e. The van der Waals surface area contributed by atoms with Crippen LogP contribution in [0.1, 0.15) is 29.9 Å². The molecule has 2 N–H and O–H groups in total. The fourth-order valence-corrected chi connectivity index (χ4v) is 4.20. The molecule has 0 bridgehead atoms. The Bertz CT molecular complexity index is 1130. The zero-order valence-corrected chi connectivity index (χ0v) is 18.5. The number of carbonyl (C=O) groups is 1. The molecule has 1 fully saturated rings. The molecule has 1 aromatic carbocycles. The first-order valence-corrected chi connectivity index (χ1v) is 10.7. The molecule has 166 valence electrons. The van der Waals surface area contributed by atoms with Crippen LogP contribution in [0.15, 0.2) is 42.9 Å². The second-order valence-electron chi connectivity index (χ2n) is 8.17. The van der Waals surface area contributed by atoms with E-state index in [1.54, 1.807) is 29.3 Å². The fraction of sp³-hybridized carbons (Fsp3) is 0.333. The van der Waals surface area contributed by atoms with Crippen molar-refractivity contribution in [1.29, 1.82) is 0 Å². The number of halogens is 1. The number of aromatic nitrogens is 3. The van der Waals surface area contributed by atoms with Gasteiger partial charge in [-0.2, -0.15) is 0 Å². The van der Waals surface area contributed by atoms with E-state index in [1.807, 2.05) is 27.0 Å². The van der Waals surface area contributed by atoms with Gasteiger partial charge in [0.05, 0.1) is 17.0 Å². The van der Waals surface area contributed by atoms with Crippen LogP contribution >= 0.6 is 0 Å². The number of hydrogen-bond acceptors (Lipinski definition) is 6. The normalized spacial score (nSPS) is 16.9. The van der Waals surface area contributed by atoms with Gasteiger partial charge in [0.1, 0.15) is 18.0 Å². The maximum absolute atomic E-state index is 15.2. The summed E-state index contributed by atoms with van der Waals surface area (Å²) in [6.07, 6.45) is 3.82. The van der Waals surface area contributed by atoms with Gasteiger partial charge in [-0.15, -0.1) is 0 Å². The SMILES string of the molecule is CCc1ncnc(-c2ccc(C(=O)N3CCN(C)C[C@@H]3C)c(F)c2)c1-c1ccc(N)nc1. The van der Waals surface area contributed by atoms with Gasteiger partial charge in [-0.25, -0.2) is 19.3 Å². The standard InChI is InChI=1S/C24H27FN6O/c1-4-20-22(17-6-8-21(26)27-12-17)23(29-14-28-20)16-5-7-18(19(25)11-16)24(32)31-10-9-30(3)13-15(31)2/h5-8,11-12,14-15H,4,9-10,13H2,1-3H3,(H2,26,27)/t15-/m0/s1. The third-order valence-electron chi connectivity index (χ3n) is 5.90. The molecule has 0 aliphatic carbocycles. The summed E-state index contributed by atoms with van der Waals surface area (Å²) in [4.78, 5) is 30.0. The van der Waals surface area contributed by atoms with E-state index in [2.05, 4.69) is 19.9 Å². The molecule has 0 radical (unpaired) electrons. The lowest BCUT2D eigenvalue weighted by atomic mass is 9.96. The van der Waals surface area contributed by atoms with Crippen LogP contribution in [-0.4, -0.2) is 63.4 Å². The van der Waals surface area contributed by atoms with Crippen LogP contribution in [0.4, 0.5) is 10.2 Å². The maximum Gasteiger partial charge on any atom is 0.257 e. The molecule has 1 aliphatic rings. The summed E-state index contributed by atoms with van der Waals surface area (Å²) in [7, 11) is 2.02. The molecule has 32 heavy (non-hydrogen) atoms. The first kappa shape index (κ1) is 21.8. The smallest absolute Gasteiger partial charge is 0.257 e. The number of carbonyl (C=O) groups excluding carboxylic acids is 1. The molecular weight excluding hydrogens is 407 g/mol. The fourth-order valence-electron chi connectivity index (χ4n) is 4.20. The molecule has 1 saturated heterocycles. The van der Waals surface area contributed by atoms with E-state index >= 15 is 4.39 Å². The number of nitrogen functional groups attached to an aromatic ring is 1. The van der Waals surface area contributed by atoms with E-state index in [1.165, 1.54) is 12.4 Å². The summed E-state index contributed by atoms with van der Waals surface area (Å²) in [6.45, 7) is 6.11. The van der Waals surface area contributed by atoms with E-state index in [4.69, 9.17) is 5.73 Å². The van der Waals surface area contributed by atoms with Gasteiger partial charge >= 0.3 is 0 Å². The van der Waals surface area contributed by atoms with Crippen molar-refractivity contribution in [3.63, 3.8) is 0 Å². The highest BCUT2D eigenvalue weighted by atomic mass is 19.1. The lowest BCUT2D eigenvalue weighted by Gasteiger charge is -2.38. The number of rotatable bonds is 4. The summed E-state index contributed by atoms with van der Waals surface area (Å²) in [5.74, 6) is -0.427. The monoisotopic (exact) mass is 434 g/mol. The average molecular weight is 435 g/mol. The van der Waals surface area contributed by atoms with Crippen molar-refractivity contribution in [3.05, 3.63) is 59.9 Å². The van der Waals surface area contributed by atoms with Crippen LogP contribution in [0.5, 0.6) is 0 Å². The Labute approximate surface area is 187 Å². The molecule has 1 aliphatic heterocycles. The van der Waals surface area contributed by atoms with Crippen molar-refractivity contribution < 1.29 is 9.18 Å². The first-order valence-electron chi connectivity index (χ1n) is 10.7. The van der Waals surface area contributed by atoms with E-state index in [0.29, 0.717) is 30.0 Å². The molecule has 1 amide bonds. The Kier molecular flexibility index (Phi) is 6.14. The third kappa shape index (κ3) is 4.18. The number of piperazine rings is 1. The second-order valence-corrected chi connectivity index (χ2v) is 8.17. The molecule has 0 spiro atoms. The van der Waals surface area contributed by atoms with Gasteiger partial charge in [0.25, 0.3) is 5.91 Å². The Hall–Kier alpha value is -3.39. The van der Waals surface area contributed by atoms with Crippen LogP contribution in [0, 0.1) is 5.82 Å². The average Bonchev–Trinajstić information content (AvgIpc) is 2.78. The molecule has 7 nitrogen and oxygen atoms in total. The van der Waals surface area contributed by atoms with E-state index in [-0.39, 0.29) is 17.5 Å². The lowest BCUT2D eigenvalue weighted by molar-refractivity contribution is 0.0529. The van der Waals surface area contributed by atoms with Crippen molar-refractivity contribution in [2.24, 2.45) is 0 Å². The van der Waals surface area contributed by atoms with Gasteiger partial charge in [-0.05, 0) is 44.7 Å². The molecule has 1 atom stereocenters. The third-order valence-corrected chi connectivity index (χ3v) is 5.90. The second kappa shape index (κ2) is 9.00. The van der Waals surface area contributed by atoms with Gasteiger partial charge in [0.15, 0.2) is 0 Å². The van der Waals surface area contributed by atoms with Crippen molar-refractivity contribution in [3.8, 4) is 22.4 Å². The predicted molar refractivity (Wildman–Crippen MR) is 122 cm³/mol. The van der Waals surface area contributed by atoms with Crippen LogP contribution in [-0.2, 0) is 6.42 Å². The van der Waals surface area contributed by atoms with Crippen molar-refractivity contribution in [2.45, 2.75) is 26.3 Å². The number of aryl methyl sites for hydroxylation is 1. The zero-order chi connectivity index (χ0) is 22.8. The highest BCUT2D eigenvalue weighted by Gasteiger charge is 2.28. The molecule has 4 rings (SSSR count). The number of nitrogens with zero attached hydrogens (tertiary/aromatic N) is 5. The molecule has 2 aromatic heterocycles. The van der Waals surface area contributed by atoms with Crippen molar-refractivity contribution in [1.82, 2.24) is 24.8 Å². The molecule has 3 heterocycles. The number of anilines is 1. The Balaban J connectivity index is 1.72. The summed E-state index contributed by atoms with van der Waals surface area (Å²) in [5, 5.41) is 0. The summed E-state index contributed by atoms with van der Waals surface area (Å²) in [5.41, 5.74) is 9.40. The summed E-state index contributed by atoms with van der Waals surface area (Å²) >= 11 is 0. The molecular formula is C24H27FN6O. The zero-order valence-electron chi connectivity index (χ0n) is 18.5. The molecule has 3 aromatic rings. The molecule has 0 unspecified atom stereocenters. The maximum atomic E-state index is 15.2. The number of pyridine rings is 1. The highest BCUT2D eigenvalue weighted by molar-refractivity contribution is 5.95. The largest absolute Gasteiger partial charge is 0.384 e. The van der Waals surface area contributed by atoms with Crippen LogP contribution in [0.2, 0.25) is 0 Å². The van der Waals surface area contributed by atoms with Gasteiger partial charge in [0.2, 0.25) is 0 Å². The van der Waals surface area contributed by atoms with Crippen LogP contribution in [0.25, 0.3) is 22.4 Å². The topological polar surface area (TPSA) is 88.2 Å². The minimum absolute atomic E-state index is 0.0268. The molecule has 8 heteroatoms. The van der Waals surface area contributed by atoms with E-state index in [9.17, 15) is 4.79 Å². The first-order chi connectivity index (χ1) is 15.4. The summed E-state index contributed by atoms with van der Waals surface area (Å²) < 4.78 is 15.2. The van der Waals surface area contributed by atoms with Crippen LogP contribution < -0.4 is 5.73 Å². The Morgan fingerprint density at radius 2 is 1.94 bits per heavy atom. The highest BCUT2D eigenvalue weighted by Crippen LogP contribution is 2.33. The van der Waals surface area contributed by atoms with Gasteiger partial charge in [-0.3, -0.25) is 4.79 Å². The number of hydrogen-bond donors (Lipinski definition) is 1. The van der Waals surface area contributed by atoms with Gasteiger partial charge < -0.3 is 15.5 Å². The van der Waals surface area contributed by atoms with Crippen LogP contribution in [0.3, 0.4) is 0 Å². The number of amides is 1. The van der Waals surface area contributed by atoms with Gasteiger partial charge in [-0.1, -0.05) is 13.0 Å². The molecule has 0 saturated carbocycles. The number of likely N-dealkylation sites (N-methyl/N-ethyl adjacent to an activating group) is 1. The predicted octanol–water partition coefficient (Wildman–Crippen LogP) is 3.27. The minimum atomic E-state index is -0.559. The Morgan fingerprint density at radius 1 is 1.16 bits per heavy atom. The lowest BCUT2D eigenvalue weighted by Crippen LogP contribution is -2.52. The summed E-state index contributed by atoms with van der Waals surface area (Å²) in [6, 6.07) is 8.27. The van der Waals surface area contributed by atoms with Gasteiger partial charge in [0, 0.05) is 48.6 Å².